The Morgan fingerprint density at radius 2 is 2.35 bits per heavy atom. The first-order chi connectivity index (χ1) is 9.61. The minimum Gasteiger partial charge on any atom is -0.379 e. The van der Waals surface area contributed by atoms with Crippen molar-refractivity contribution in [2.45, 2.75) is 18.9 Å². The number of likely N-dealkylation sites (tertiary alicyclic amines) is 1. The maximum atomic E-state index is 11.6. The number of carbonyl (C=O) groups is 2. The molecule has 7 heteroatoms. The predicted octanol–water partition coefficient (Wildman–Crippen LogP) is 0.164. The summed E-state index contributed by atoms with van der Waals surface area (Å²) in [4.78, 5) is 24.6. The maximum absolute atomic E-state index is 11.6. The van der Waals surface area contributed by atoms with Gasteiger partial charge in [-0.3, -0.25) is 9.59 Å². The van der Waals surface area contributed by atoms with E-state index in [-0.39, 0.29) is 17.6 Å². The molecule has 1 aromatic rings. The van der Waals surface area contributed by atoms with Crippen LogP contribution < -0.4 is 11.1 Å². The van der Waals surface area contributed by atoms with Gasteiger partial charge in [-0.2, -0.15) is 5.10 Å². The van der Waals surface area contributed by atoms with Crippen molar-refractivity contribution in [2.75, 3.05) is 18.4 Å². The zero-order valence-corrected chi connectivity index (χ0v) is 11.1. The number of nitrogens with one attached hydrogen (secondary N) is 1. The standard InChI is InChI=1S/C13H17N5O2/c1-2-11(19)18-7-3-4-9(8-18)16-10-5-6-15-17-12(10)13(14)20/h2,5-6,9H,1,3-4,7-8H2,(H2,14,20)(H,15,16). The van der Waals surface area contributed by atoms with Crippen LogP contribution in [0.15, 0.2) is 24.9 Å². The van der Waals surface area contributed by atoms with Crippen LogP contribution in [0.3, 0.4) is 0 Å². The summed E-state index contributed by atoms with van der Waals surface area (Å²) in [6.45, 7) is 4.77. The first-order valence-electron chi connectivity index (χ1n) is 6.41. The van der Waals surface area contributed by atoms with Gasteiger partial charge in [0.25, 0.3) is 5.91 Å². The van der Waals surface area contributed by atoms with Gasteiger partial charge in [0.1, 0.15) is 0 Å². The Labute approximate surface area is 116 Å². The molecular weight excluding hydrogens is 258 g/mol. The molecule has 0 spiro atoms. The molecule has 2 amide bonds. The molecule has 1 fully saturated rings. The van der Waals surface area contributed by atoms with Crippen LogP contribution in [0.5, 0.6) is 0 Å². The van der Waals surface area contributed by atoms with Crippen LogP contribution in [0.1, 0.15) is 23.3 Å². The second-order valence-corrected chi connectivity index (χ2v) is 4.63. The number of nitrogens with zero attached hydrogens (tertiary/aromatic N) is 3. The monoisotopic (exact) mass is 275 g/mol. The molecule has 1 aliphatic heterocycles. The number of hydrogen-bond donors (Lipinski definition) is 2. The third-order valence-corrected chi connectivity index (χ3v) is 3.22. The molecule has 1 unspecified atom stereocenters. The molecule has 0 aromatic carbocycles. The van der Waals surface area contributed by atoms with Gasteiger partial charge in [-0.05, 0) is 25.0 Å². The predicted molar refractivity (Wildman–Crippen MR) is 74.0 cm³/mol. The number of carbonyl (C=O) groups excluding carboxylic acids is 2. The van der Waals surface area contributed by atoms with Crippen molar-refractivity contribution in [3.05, 3.63) is 30.6 Å². The summed E-state index contributed by atoms with van der Waals surface area (Å²) >= 11 is 0. The zero-order chi connectivity index (χ0) is 14.5. The Kier molecular flexibility index (Phi) is 4.29. The highest BCUT2D eigenvalue weighted by Gasteiger charge is 2.23. The topological polar surface area (TPSA) is 101 Å². The number of amides is 2. The highest BCUT2D eigenvalue weighted by molar-refractivity contribution is 5.96. The van der Waals surface area contributed by atoms with Crippen LogP contribution in [0.2, 0.25) is 0 Å². The highest BCUT2D eigenvalue weighted by Crippen LogP contribution is 2.18. The van der Waals surface area contributed by atoms with Gasteiger partial charge in [0, 0.05) is 19.1 Å². The zero-order valence-electron chi connectivity index (χ0n) is 11.1. The van der Waals surface area contributed by atoms with Crippen LogP contribution >= 0.6 is 0 Å². The fourth-order valence-electron chi connectivity index (χ4n) is 2.27. The minimum atomic E-state index is -0.629. The summed E-state index contributed by atoms with van der Waals surface area (Å²) in [5, 5.41) is 10.6. The van der Waals surface area contributed by atoms with Gasteiger partial charge in [0.05, 0.1) is 11.9 Å². The molecule has 0 saturated carbocycles. The van der Waals surface area contributed by atoms with E-state index in [4.69, 9.17) is 5.73 Å². The summed E-state index contributed by atoms with van der Waals surface area (Å²) < 4.78 is 0. The van der Waals surface area contributed by atoms with E-state index in [1.165, 1.54) is 12.3 Å². The smallest absolute Gasteiger partial charge is 0.271 e. The van der Waals surface area contributed by atoms with Crippen LogP contribution in [0, 0.1) is 0 Å². The Bertz CT molecular complexity index is 531. The summed E-state index contributed by atoms with van der Waals surface area (Å²) in [5.41, 5.74) is 5.91. The lowest BCUT2D eigenvalue weighted by atomic mass is 10.0. The third-order valence-electron chi connectivity index (χ3n) is 3.22. The molecule has 1 atom stereocenters. The van der Waals surface area contributed by atoms with Gasteiger partial charge in [-0.1, -0.05) is 6.58 Å². The van der Waals surface area contributed by atoms with E-state index >= 15 is 0 Å². The van der Waals surface area contributed by atoms with Crippen molar-refractivity contribution in [3.8, 4) is 0 Å². The lowest BCUT2D eigenvalue weighted by molar-refractivity contribution is -0.127. The van der Waals surface area contributed by atoms with E-state index in [2.05, 4.69) is 22.1 Å². The number of nitrogens with two attached hydrogens (primary N) is 1. The molecule has 1 aromatic heterocycles. The lowest BCUT2D eigenvalue weighted by Gasteiger charge is -2.33. The van der Waals surface area contributed by atoms with Crippen molar-refractivity contribution >= 4 is 17.5 Å². The number of piperidine rings is 1. The van der Waals surface area contributed by atoms with Gasteiger partial charge in [0.15, 0.2) is 5.69 Å². The first kappa shape index (κ1) is 14.0. The van der Waals surface area contributed by atoms with Crippen LogP contribution in [0.4, 0.5) is 5.69 Å². The number of primary amides is 1. The van der Waals surface area contributed by atoms with Crippen molar-refractivity contribution in [1.82, 2.24) is 15.1 Å². The number of hydrogen-bond acceptors (Lipinski definition) is 5. The average Bonchev–Trinajstić information content (AvgIpc) is 2.47. The molecule has 106 valence electrons. The Morgan fingerprint density at radius 1 is 1.55 bits per heavy atom. The van der Waals surface area contributed by atoms with E-state index in [0.717, 1.165) is 19.4 Å². The summed E-state index contributed by atoms with van der Waals surface area (Å²) in [6.07, 6.45) is 4.60. The van der Waals surface area contributed by atoms with Crippen LogP contribution in [-0.4, -0.2) is 46.0 Å². The Balaban J connectivity index is 2.08. The van der Waals surface area contributed by atoms with Gasteiger partial charge in [0.2, 0.25) is 5.91 Å². The largest absolute Gasteiger partial charge is 0.379 e. The molecular formula is C13H17N5O2. The van der Waals surface area contributed by atoms with Gasteiger partial charge < -0.3 is 16.0 Å². The number of aromatic nitrogens is 2. The molecule has 7 nitrogen and oxygen atoms in total. The normalized spacial score (nSPS) is 18.4. The van der Waals surface area contributed by atoms with Crippen molar-refractivity contribution in [2.24, 2.45) is 5.73 Å². The molecule has 1 aliphatic rings. The fraction of sp³-hybridized carbons (Fsp3) is 0.385. The molecule has 0 radical (unpaired) electrons. The SMILES string of the molecule is C=CC(=O)N1CCCC(Nc2ccnnc2C(N)=O)C1. The first-order valence-corrected chi connectivity index (χ1v) is 6.41. The van der Waals surface area contributed by atoms with E-state index in [1.54, 1.807) is 11.0 Å². The molecule has 3 N–H and O–H groups in total. The van der Waals surface area contributed by atoms with Crippen molar-refractivity contribution < 1.29 is 9.59 Å². The second kappa shape index (κ2) is 6.14. The van der Waals surface area contributed by atoms with E-state index in [1.807, 2.05) is 0 Å². The van der Waals surface area contributed by atoms with E-state index < -0.39 is 5.91 Å². The van der Waals surface area contributed by atoms with E-state index in [9.17, 15) is 9.59 Å². The van der Waals surface area contributed by atoms with E-state index in [0.29, 0.717) is 12.2 Å². The molecule has 2 rings (SSSR count). The molecule has 1 saturated heterocycles. The Morgan fingerprint density at radius 3 is 3.05 bits per heavy atom. The van der Waals surface area contributed by atoms with Gasteiger partial charge in [-0.25, -0.2) is 0 Å². The van der Waals surface area contributed by atoms with Crippen molar-refractivity contribution in [3.63, 3.8) is 0 Å². The van der Waals surface area contributed by atoms with Gasteiger partial charge in [-0.15, -0.1) is 5.10 Å². The summed E-state index contributed by atoms with van der Waals surface area (Å²) in [5.74, 6) is -0.713. The van der Waals surface area contributed by atoms with Crippen molar-refractivity contribution in [1.29, 1.82) is 0 Å². The van der Waals surface area contributed by atoms with Crippen LogP contribution in [0.25, 0.3) is 0 Å². The quantitative estimate of drug-likeness (QED) is 0.762. The maximum Gasteiger partial charge on any atom is 0.271 e. The number of rotatable bonds is 4. The lowest BCUT2D eigenvalue weighted by Crippen LogP contribution is -2.44. The fourth-order valence-corrected chi connectivity index (χ4v) is 2.27. The molecule has 20 heavy (non-hydrogen) atoms. The molecule has 0 aliphatic carbocycles. The Hall–Kier alpha value is -2.44. The summed E-state index contributed by atoms with van der Waals surface area (Å²) in [7, 11) is 0. The average molecular weight is 275 g/mol. The number of anilines is 1. The highest BCUT2D eigenvalue weighted by atomic mass is 16.2. The second-order valence-electron chi connectivity index (χ2n) is 4.63. The minimum absolute atomic E-state index is 0.0509. The molecule has 0 bridgehead atoms. The summed E-state index contributed by atoms with van der Waals surface area (Å²) in [6, 6.07) is 1.71. The molecule has 2 heterocycles. The van der Waals surface area contributed by atoms with Gasteiger partial charge >= 0.3 is 0 Å². The van der Waals surface area contributed by atoms with Crippen LogP contribution in [-0.2, 0) is 4.79 Å². The third kappa shape index (κ3) is 3.11.